The molecule has 106 valence electrons. The summed E-state index contributed by atoms with van der Waals surface area (Å²) in [6, 6.07) is 11.3. The molecule has 0 radical (unpaired) electrons. The molecule has 0 aliphatic heterocycles. The molecule has 0 spiro atoms. The second kappa shape index (κ2) is 5.10. The summed E-state index contributed by atoms with van der Waals surface area (Å²) in [4.78, 5) is 22.7. The van der Waals surface area contributed by atoms with E-state index in [0.717, 1.165) is 5.56 Å². The fraction of sp³-hybridized carbons (Fsp3) is 0.0667. The van der Waals surface area contributed by atoms with Gasteiger partial charge in [-0.25, -0.2) is 9.59 Å². The number of nitrogens with zero attached hydrogens (tertiary/aromatic N) is 1. The van der Waals surface area contributed by atoms with Crippen molar-refractivity contribution >= 4 is 28.7 Å². The van der Waals surface area contributed by atoms with Crippen molar-refractivity contribution in [1.29, 1.82) is 0 Å². The van der Waals surface area contributed by atoms with Crippen LogP contribution in [0, 0.1) is 0 Å². The summed E-state index contributed by atoms with van der Waals surface area (Å²) in [6.07, 6.45) is 0. The van der Waals surface area contributed by atoms with Gasteiger partial charge in [0.15, 0.2) is 5.58 Å². The molecule has 0 saturated heterocycles. The average molecular weight is 304 g/mol. The zero-order valence-electron chi connectivity index (χ0n) is 10.7. The van der Waals surface area contributed by atoms with Crippen LogP contribution in [0.4, 0.5) is 0 Å². The van der Waals surface area contributed by atoms with Crippen molar-refractivity contribution in [1.82, 2.24) is 4.57 Å². The van der Waals surface area contributed by atoms with E-state index in [4.69, 9.17) is 21.1 Å². The van der Waals surface area contributed by atoms with Crippen LogP contribution < -0.4 is 5.76 Å². The molecule has 5 nitrogen and oxygen atoms in total. The molecule has 2 aromatic carbocycles. The van der Waals surface area contributed by atoms with Gasteiger partial charge in [0.1, 0.15) is 0 Å². The van der Waals surface area contributed by atoms with Crippen molar-refractivity contribution in [2.24, 2.45) is 0 Å². The number of carboxylic acid groups (broad SMARTS) is 1. The van der Waals surface area contributed by atoms with Gasteiger partial charge in [-0.3, -0.25) is 4.57 Å². The second-order valence-electron chi connectivity index (χ2n) is 4.57. The number of rotatable bonds is 3. The first-order chi connectivity index (χ1) is 10.0. The van der Waals surface area contributed by atoms with E-state index in [1.807, 2.05) is 0 Å². The first-order valence-corrected chi connectivity index (χ1v) is 6.53. The standard InChI is InChI=1S/C15H10ClNO4/c16-11-5-6-13-12(7-11)17(15(20)21-13)8-9-1-3-10(4-2-9)14(18)19/h1-7H,8H2,(H,18,19). The predicted molar refractivity (Wildman–Crippen MR) is 78.0 cm³/mol. The van der Waals surface area contributed by atoms with Gasteiger partial charge in [-0.05, 0) is 35.9 Å². The molecule has 21 heavy (non-hydrogen) atoms. The van der Waals surface area contributed by atoms with Crippen molar-refractivity contribution in [2.75, 3.05) is 0 Å². The zero-order chi connectivity index (χ0) is 15.0. The summed E-state index contributed by atoms with van der Waals surface area (Å²) < 4.78 is 6.60. The van der Waals surface area contributed by atoms with Crippen LogP contribution >= 0.6 is 11.6 Å². The van der Waals surface area contributed by atoms with Crippen molar-refractivity contribution < 1.29 is 14.3 Å². The lowest BCUT2D eigenvalue weighted by molar-refractivity contribution is 0.0697. The number of carboxylic acids is 1. The van der Waals surface area contributed by atoms with Crippen LogP contribution in [0.2, 0.25) is 5.02 Å². The normalized spacial score (nSPS) is 10.9. The quantitative estimate of drug-likeness (QED) is 0.807. The third-order valence-corrected chi connectivity index (χ3v) is 3.41. The number of aromatic carboxylic acids is 1. The van der Waals surface area contributed by atoms with Gasteiger partial charge in [-0.15, -0.1) is 0 Å². The van der Waals surface area contributed by atoms with Gasteiger partial charge >= 0.3 is 11.7 Å². The summed E-state index contributed by atoms with van der Waals surface area (Å²) in [5.41, 5.74) is 2.07. The van der Waals surface area contributed by atoms with Gasteiger partial charge in [0, 0.05) is 5.02 Å². The molecule has 0 unspecified atom stereocenters. The van der Waals surface area contributed by atoms with Crippen molar-refractivity contribution in [2.45, 2.75) is 6.54 Å². The first kappa shape index (κ1) is 13.5. The fourth-order valence-electron chi connectivity index (χ4n) is 2.12. The van der Waals surface area contributed by atoms with E-state index in [2.05, 4.69) is 0 Å². The van der Waals surface area contributed by atoms with E-state index >= 15 is 0 Å². The second-order valence-corrected chi connectivity index (χ2v) is 5.00. The van der Waals surface area contributed by atoms with Gasteiger partial charge in [0.05, 0.1) is 17.6 Å². The molecule has 3 rings (SSSR count). The Balaban J connectivity index is 2.01. The molecule has 0 saturated carbocycles. The number of halogens is 1. The van der Waals surface area contributed by atoms with E-state index in [0.29, 0.717) is 16.1 Å². The smallest absolute Gasteiger partial charge is 0.420 e. The number of oxazole rings is 1. The molecule has 6 heteroatoms. The lowest BCUT2D eigenvalue weighted by atomic mass is 10.1. The number of aromatic nitrogens is 1. The minimum Gasteiger partial charge on any atom is -0.478 e. The summed E-state index contributed by atoms with van der Waals surface area (Å²) in [6.45, 7) is 0.284. The summed E-state index contributed by atoms with van der Waals surface area (Å²) in [5.74, 6) is -1.46. The lowest BCUT2D eigenvalue weighted by Gasteiger charge is -2.03. The van der Waals surface area contributed by atoms with Crippen molar-refractivity contribution in [3.63, 3.8) is 0 Å². The summed E-state index contributed by atoms with van der Waals surface area (Å²) in [5, 5.41) is 9.38. The van der Waals surface area contributed by atoms with Gasteiger partial charge in [0.2, 0.25) is 0 Å². The number of hydrogen-bond donors (Lipinski definition) is 1. The predicted octanol–water partition coefficient (Wildman–Crippen LogP) is 2.99. The first-order valence-electron chi connectivity index (χ1n) is 6.16. The molecule has 1 aromatic heterocycles. The Labute approximate surface area is 124 Å². The zero-order valence-corrected chi connectivity index (χ0v) is 11.5. The van der Waals surface area contributed by atoms with Crippen LogP contribution in [0.5, 0.6) is 0 Å². The molecule has 0 amide bonds. The van der Waals surface area contributed by atoms with Gasteiger partial charge in [-0.2, -0.15) is 0 Å². The van der Waals surface area contributed by atoms with Gasteiger partial charge in [0.25, 0.3) is 0 Å². The Hall–Kier alpha value is -2.53. The Morgan fingerprint density at radius 3 is 2.57 bits per heavy atom. The highest BCUT2D eigenvalue weighted by molar-refractivity contribution is 6.31. The minimum absolute atomic E-state index is 0.200. The summed E-state index contributed by atoms with van der Waals surface area (Å²) >= 11 is 5.94. The van der Waals surface area contributed by atoms with Gasteiger partial charge in [-0.1, -0.05) is 23.7 Å². The molecule has 0 aliphatic carbocycles. The largest absolute Gasteiger partial charge is 0.478 e. The maximum Gasteiger partial charge on any atom is 0.420 e. The molecule has 0 fully saturated rings. The third-order valence-electron chi connectivity index (χ3n) is 3.17. The van der Waals surface area contributed by atoms with Crippen LogP contribution in [-0.2, 0) is 6.54 Å². The Kier molecular flexibility index (Phi) is 3.27. The Bertz CT molecular complexity index is 877. The highest BCUT2D eigenvalue weighted by Gasteiger charge is 2.10. The van der Waals surface area contributed by atoms with Crippen molar-refractivity contribution in [3.8, 4) is 0 Å². The number of hydrogen-bond acceptors (Lipinski definition) is 3. The SMILES string of the molecule is O=C(O)c1ccc(Cn2c(=O)oc3ccc(Cl)cc32)cc1. The fourth-order valence-corrected chi connectivity index (χ4v) is 2.29. The van der Waals surface area contributed by atoms with Gasteiger partial charge < -0.3 is 9.52 Å². The lowest BCUT2D eigenvalue weighted by Crippen LogP contribution is -2.14. The molecular formula is C15H10ClNO4. The van der Waals surface area contributed by atoms with Crippen molar-refractivity contribution in [3.05, 3.63) is 69.2 Å². The Morgan fingerprint density at radius 2 is 1.90 bits per heavy atom. The molecular weight excluding hydrogens is 294 g/mol. The van der Waals surface area contributed by atoms with Crippen LogP contribution in [0.3, 0.4) is 0 Å². The average Bonchev–Trinajstić information content (AvgIpc) is 2.76. The topological polar surface area (TPSA) is 72.4 Å². The number of fused-ring (bicyclic) bond motifs is 1. The molecule has 1 heterocycles. The maximum atomic E-state index is 11.9. The molecule has 1 N–H and O–H groups in total. The monoisotopic (exact) mass is 303 g/mol. The minimum atomic E-state index is -0.987. The summed E-state index contributed by atoms with van der Waals surface area (Å²) in [7, 11) is 0. The maximum absolute atomic E-state index is 11.9. The number of carbonyl (C=O) groups is 1. The van der Waals surface area contributed by atoms with E-state index in [1.165, 1.54) is 16.7 Å². The third kappa shape index (κ3) is 2.55. The molecule has 0 aliphatic rings. The number of benzene rings is 2. The Morgan fingerprint density at radius 1 is 1.19 bits per heavy atom. The molecule has 3 aromatic rings. The van der Waals surface area contributed by atoms with Crippen LogP contribution in [0.15, 0.2) is 51.7 Å². The van der Waals surface area contributed by atoms with E-state index in [-0.39, 0.29) is 12.1 Å². The van der Waals surface area contributed by atoms with Crippen LogP contribution in [0.1, 0.15) is 15.9 Å². The highest BCUT2D eigenvalue weighted by atomic mass is 35.5. The molecule has 0 bridgehead atoms. The van der Waals surface area contributed by atoms with E-state index in [9.17, 15) is 9.59 Å². The van der Waals surface area contributed by atoms with Crippen LogP contribution in [0.25, 0.3) is 11.1 Å². The van der Waals surface area contributed by atoms with E-state index < -0.39 is 11.7 Å². The highest BCUT2D eigenvalue weighted by Crippen LogP contribution is 2.19. The van der Waals surface area contributed by atoms with E-state index in [1.54, 1.807) is 30.3 Å². The van der Waals surface area contributed by atoms with Crippen LogP contribution in [-0.4, -0.2) is 15.6 Å². The molecule has 0 atom stereocenters.